The number of amides is 1. The third-order valence-corrected chi connectivity index (χ3v) is 8.42. The highest BCUT2D eigenvalue weighted by Crippen LogP contribution is 2.38. The van der Waals surface area contributed by atoms with Gasteiger partial charge in [0.15, 0.2) is 0 Å². The Hall–Kier alpha value is -4.31. The van der Waals surface area contributed by atoms with Crippen LogP contribution in [0.4, 0.5) is 4.39 Å². The molecule has 5 aliphatic heterocycles. The summed E-state index contributed by atoms with van der Waals surface area (Å²) in [7, 11) is 0. The summed E-state index contributed by atoms with van der Waals surface area (Å²) >= 11 is 0. The van der Waals surface area contributed by atoms with E-state index in [1.165, 1.54) is 12.1 Å². The Bertz CT molecular complexity index is 1670. The van der Waals surface area contributed by atoms with E-state index < -0.39 is 29.5 Å². The van der Waals surface area contributed by atoms with Crippen LogP contribution in [0.3, 0.4) is 0 Å². The van der Waals surface area contributed by atoms with Crippen molar-refractivity contribution in [1.82, 2.24) is 19.9 Å². The average molecular weight is 573 g/mol. The molecule has 0 unspecified atom stereocenters. The summed E-state index contributed by atoms with van der Waals surface area (Å²) in [6.45, 7) is 6.11. The van der Waals surface area contributed by atoms with Crippen molar-refractivity contribution in [3.8, 4) is 5.75 Å². The maximum absolute atomic E-state index is 15.0. The lowest BCUT2D eigenvalue weighted by atomic mass is 9.78. The Morgan fingerprint density at radius 1 is 1.07 bits per heavy atom. The van der Waals surface area contributed by atoms with Crippen LogP contribution in [0.1, 0.15) is 57.4 Å². The van der Waals surface area contributed by atoms with Gasteiger partial charge in [-0.1, -0.05) is 36.4 Å². The summed E-state index contributed by atoms with van der Waals surface area (Å²) in [5, 5.41) is 18.9. The van der Waals surface area contributed by atoms with Gasteiger partial charge in [0, 0.05) is 38.2 Å². The Balaban J connectivity index is 1.42. The van der Waals surface area contributed by atoms with Crippen LogP contribution in [0.15, 0.2) is 48.5 Å². The smallest absolute Gasteiger partial charge is 0.307 e. The van der Waals surface area contributed by atoms with Crippen molar-refractivity contribution in [3.63, 3.8) is 0 Å². The minimum Gasteiger partial charge on any atom is -0.491 e. The molecule has 10 heteroatoms. The van der Waals surface area contributed by atoms with Crippen molar-refractivity contribution in [1.29, 1.82) is 0 Å². The summed E-state index contributed by atoms with van der Waals surface area (Å²) in [5.74, 6) is -2.77. The highest BCUT2D eigenvalue weighted by Gasteiger charge is 2.31. The first kappa shape index (κ1) is 27.8. The van der Waals surface area contributed by atoms with Gasteiger partial charge in [0.1, 0.15) is 23.7 Å². The fraction of sp³-hybridized carbons (Fsp3) is 0.375. The van der Waals surface area contributed by atoms with Crippen molar-refractivity contribution in [2.75, 3.05) is 26.4 Å². The first-order valence-electron chi connectivity index (χ1n) is 14.3. The first-order valence-corrected chi connectivity index (χ1v) is 14.3. The maximum atomic E-state index is 15.0. The number of aromatic nitrogens is 3. The number of aliphatic carboxylic acids is 1. The van der Waals surface area contributed by atoms with Crippen LogP contribution in [0.2, 0.25) is 0 Å². The van der Waals surface area contributed by atoms with E-state index in [4.69, 9.17) is 9.47 Å². The molecule has 9 bridgehead atoms. The number of halogens is 1. The standard InChI is InChI=1S/C32H33FN4O5/c1-19-25-8-9-28-30(19)34-35-37(28)11-3-13-41-14-15-42-24-6-7-26(27(33)17-24)31(38)36-12-10-21-4-5-22(16-23(21)18-36)29(25)20(2)32(39)40/h4-9,16-17,20,29H,3,10-15,18H2,1-2H3,(H,39,40)/t20-,29-/m0/s1. The van der Waals surface area contributed by atoms with Crippen LogP contribution in [-0.4, -0.2) is 63.2 Å². The second-order valence-electron chi connectivity index (χ2n) is 11.0. The van der Waals surface area contributed by atoms with E-state index in [1.807, 2.05) is 41.9 Å². The number of carbonyl (C=O) groups excluding carboxylic acids is 1. The maximum Gasteiger partial charge on any atom is 0.307 e. The van der Waals surface area contributed by atoms with Crippen molar-refractivity contribution in [2.24, 2.45) is 5.92 Å². The highest BCUT2D eigenvalue weighted by atomic mass is 19.1. The summed E-state index contributed by atoms with van der Waals surface area (Å²) in [4.78, 5) is 27.4. The molecule has 1 N–H and O–H groups in total. The molecule has 0 aliphatic carbocycles. The second-order valence-corrected chi connectivity index (χ2v) is 11.0. The number of rotatable bonds is 2. The zero-order chi connectivity index (χ0) is 29.4. The third-order valence-electron chi connectivity index (χ3n) is 8.42. The van der Waals surface area contributed by atoms with Gasteiger partial charge in [0.05, 0.1) is 23.6 Å². The predicted molar refractivity (Wildman–Crippen MR) is 153 cm³/mol. The lowest BCUT2D eigenvalue weighted by Crippen LogP contribution is -2.36. The molecule has 0 spiro atoms. The summed E-state index contributed by atoms with van der Waals surface area (Å²) in [5.41, 5.74) is 6.23. The molecule has 218 valence electrons. The fourth-order valence-electron chi connectivity index (χ4n) is 6.08. The van der Waals surface area contributed by atoms with E-state index in [2.05, 4.69) is 10.3 Å². The van der Waals surface area contributed by atoms with E-state index in [-0.39, 0.29) is 12.2 Å². The molecule has 0 saturated heterocycles. The van der Waals surface area contributed by atoms with E-state index in [0.717, 1.165) is 38.9 Å². The number of hydrogen-bond donors (Lipinski definition) is 1. The van der Waals surface area contributed by atoms with E-state index in [1.54, 1.807) is 17.9 Å². The molecule has 1 amide bonds. The molecular weight excluding hydrogens is 539 g/mol. The highest BCUT2D eigenvalue weighted by molar-refractivity contribution is 5.94. The van der Waals surface area contributed by atoms with Crippen LogP contribution in [0, 0.1) is 18.7 Å². The Labute approximate surface area is 242 Å². The largest absolute Gasteiger partial charge is 0.491 e. The molecule has 2 atom stereocenters. The number of carboxylic acids is 1. The topological polar surface area (TPSA) is 107 Å². The summed E-state index contributed by atoms with van der Waals surface area (Å²) in [6.07, 6.45) is 1.33. The molecule has 0 fully saturated rings. The van der Waals surface area contributed by atoms with Crippen LogP contribution >= 0.6 is 0 Å². The van der Waals surface area contributed by atoms with Crippen LogP contribution in [-0.2, 0) is 29.0 Å². The van der Waals surface area contributed by atoms with Gasteiger partial charge in [-0.2, -0.15) is 0 Å². The van der Waals surface area contributed by atoms with Crippen molar-refractivity contribution < 1.29 is 28.6 Å². The molecule has 9 rings (SSSR count). The van der Waals surface area contributed by atoms with E-state index >= 15 is 4.39 Å². The second kappa shape index (κ2) is 11.5. The van der Waals surface area contributed by atoms with Crippen LogP contribution < -0.4 is 4.74 Å². The van der Waals surface area contributed by atoms with Crippen molar-refractivity contribution >= 4 is 22.9 Å². The van der Waals surface area contributed by atoms with E-state index in [0.29, 0.717) is 51.4 Å². The number of carbonyl (C=O) groups is 2. The molecule has 3 aromatic carbocycles. The molecule has 0 saturated carbocycles. The number of ether oxygens (including phenoxy) is 2. The number of nitrogens with zero attached hydrogens (tertiary/aromatic N) is 4. The summed E-state index contributed by atoms with van der Waals surface area (Å²) in [6, 6.07) is 14.2. The van der Waals surface area contributed by atoms with Gasteiger partial charge >= 0.3 is 5.97 Å². The van der Waals surface area contributed by atoms with Gasteiger partial charge in [-0.25, -0.2) is 9.07 Å². The molecule has 1 aromatic heterocycles. The van der Waals surface area contributed by atoms with Gasteiger partial charge in [-0.15, -0.1) is 5.10 Å². The normalized spacial score (nSPS) is 18.5. The number of hydrogen-bond acceptors (Lipinski definition) is 6. The monoisotopic (exact) mass is 572 g/mol. The van der Waals surface area contributed by atoms with Crippen molar-refractivity contribution in [2.45, 2.75) is 45.7 Å². The fourth-order valence-corrected chi connectivity index (χ4v) is 6.08. The van der Waals surface area contributed by atoms with Crippen LogP contribution in [0.5, 0.6) is 5.75 Å². The minimum atomic E-state index is -0.905. The quantitative estimate of drug-likeness (QED) is 0.370. The average Bonchev–Trinajstić information content (AvgIpc) is 3.40. The molecule has 4 aromatic rings. The van der Waals surface area contributed by atoms with Gasteiger partial charge in [0.25, 0.3) is 5.91 Å². The molecule has 42 heavy (non-hydrogen) atoms. The molecule has 9 nitrogen and oxygen atoms in total. The number of carboxylic acid groups (broad SMARTS) is 1. The van der Waals surface area contributed by atoms with Crippen molar-refractivity contribution in [3.05, 3.63) is 87.7 Å². The zero-order valence-corrected chi connectivity index (χ0v) is 23.7. The van der Waals surface area contributed by atoms with Gasteiger partial charge in [-0.05, 0) is 65.8 Å². The minimum absolute atomic E-state index is 0.00890. The van der Waals surface area contributed by atoms with Gasteiger partial charge in [0.2, 0.25) is 0 Å². The number of aryl methyl sites for hydroxylation is 2. The Kier molecular flexibility index (Phi) is 7.64. The first-order chi connectivity index (χ1) is 20.3. The zero-order valence-electron chi connectivity index (χ0n) is 23.7. The predicted octanol–water partition coefficient (Wildman–Crippen LogP) is 4.73. The number of benzene rings is 3. The third kappa shape index (κ3) is 5.22. The molecule has 0 radical (unpaired) electrons. The molecule has 6 heterocycles. The molecular formula is C32H33FN4O5. The van der Waals surface area contributed by atoms with E-state index in [9.17, 15) is 14.7 Å². The van der Waals surface area contributed by atoms with Crippen LogP contribution in [0.25, 0.3) is 11.0 Å². The SMILES string of the molecule is Cc1c2ccc3c1nnn3CCCOCCOc1ccc(c(F)c1)C(=O)N1CCc3ccc(cc3C1)[C@@H]2[C@H](C)C(=O)O. The van der Waals surface area contributed by atoms with Gasteiger partial charge < -0.3 is 19.5 Å². The van der Waals surface area contributed by atoms with Gasteiger partial charge in [-0.3, -0.25) is 9.59 Å². The Morgan fingerprint density at radius 3 is 2.74 bits per heavy atom. The Morgan fingerprint density at radius 2 is 1.93 bits per heavy atom. The summed E-state index contributed by atoms with van der Waals surface area (Å²) < 4.78 is 28.2. The molecule has 5 aliphatic rings. The lowest BCUT2D eigenvalue weighted by molar-refractivity contribution is -0.141. The lowest BCUT2D eigenvalue weighted by Gasteiger charge is -2.31.